The molecule has 0 N–H and O–H groups in total. The van der Waals surface area contributed by atoms with Crippen LogP contribution in [-0.2, 0) is 16.1 Å². The van der Waals surface area contributed by atoms with Gasteiger partial charge in [0.1, 0.15) is 5.15 Å². The molecule has 1 saturated heterocycles. The smallest absolute Gasteiger partial charge is 0.147 e. The molecule has 1 fully saturated rings. The minimum absolute atomic E-state index is 0.288. The molecular weight excluding hydrogens is 216 g/mol. The normalized spacial score (nSPS) is 17.9. The Morgan fingerprint density at radius 3 is 2.80 bits per heavy atom. The maximum atomic E-state index is 5.68. The number of hydrogen-bond donors (Lipinski definition) is 0. The summed E-state index contributed by atoms with van der Waals surface area (Å²) < 4.78 is 10.9. The number of ether oxygens (including phenoxy) is 2. The number of aromatic nitrogens is 2. The molecule has 4 nitrogen and oxygen atoms in total. The zero-order valence-corrected chi connectivity index (χ0v) is 9.11. The highest BCUT2D eigenvalue weighted by atomic mass is 35.5. The molecule has 0 amide bonds. The summed E-state index contributed by atoms with van der Waals surface area (Å²) in [7, 11) is 0. The molecule has 0 unspecified atom stereocenters. The van der Waals surface area contributed by atoms with Gasteiger partial charge in [-0.1, -0.05) is 11.6 Å². The first-order valence-electron chi connectivity index (χ1n) is 5.00. The molecule has 5 heteroatoms. The molecule has 1 aromatic rings. The fraction of sp³-hybridized carbons (Fsp3) is 0.600. The molecule has 0 radical (unpaired) electrons. The van der Waals surface area contributed by atoms with Gasteiger partial charge in [-0.2, -0.15) is 0 Å². The lowest BCUT2D eigenvalue weighted by Gasteiger charge is -2.22. The lowest BCUT2D eigenvalue weighted by Crippen LogP contribution is -2.23. The molecule has 1 aromatic heterocycles. The van der Waals surface area contributed by atoms with Crippen molar-refractivity contribution in [3.8, 4) is 0 Å². The van der Waals surface area contributed by atoms with Crippen LogP contribution in [0.4, 0.5) is 0 Å². The van der Waals surface area contributed by atoms with Crippen LogP contribution in [-0.4, -0.2) is 29.3 Å². The predicted molar refractivity (Wildman–Crippen MR) is 55.7 cm³/mol. The van der Waals surface area contributed by atoms with Gasteiger partial charge in [-0.25, -0.2) is 4.98 Å². The Bertz CT molecular complexity index is 299. The quantitative estimate of drug-likeness (QED) is 0.792. The van der Waals surface area contributed by atoms with E-state index in [1.807, 2.05) is 0 Å². The van der Waals surface area contributed by atoms with Gasteiger partial charge in [0.25, 0.3) is 0 Å². The van der Waals surface area contributed by atoms with E-state index in [2.05, 4.69) is 9.97 Å². The fourth-order valence-corrected chi connectivity index (χ4v) is 1.56. The topological polar surface area (TPSA) is 44.2 Å². The van der Waals surface area contributed by atoms with Crippen molar-refractivity contribution in [2.24, 2.45) is 0 Å². The van der Waals surface area contributed by atoms with Crippen LogP contribution in [0.5, 0.6) is 0 Å². The molecule has 1 aliphatic heterocycles. The summed E-state index contributed by atoms with van der Waals surface area (Å²) in [6.45, 7) is 2.07. The fourth-order valence-electron chi connectivity index (χ4n) is 1.46. The van der Waals surface area contributed by atoms with E-state index < -0.39 is 0 Å². The average molecular weight is 229 g/mol. The summed E-state index contributed by atoms with van der Waals surface area (Å²) in [5.41, 5.74) is 0.811. The van der Waals surface area contributed by atoms with Crippen LogP contribution in [0.25, 0.3) is 0 Å². The van der Waals surface area contributed by atoms with Gasteiger partial charge in [0.2, 0.25) is 0 Å². The minimum atomic E-state index is 0.288. The van der Waals surface area contributed by atoms with Crippen LogP contribution in [0.1, 0.15) is 18.5 Å². The molecule has 82 valence electrons. The number of halogens is 1. The van der Waals surface area contributed by atoms with Gasteiger partial charge in [-0.3, -0.25) is 4.98 Å². The van der Waals surface area contributed by atoms with Crippen LogP contribution in [0.15, 0.2) is 12.4 Å². The molecule has 0 spiro atoms. The van der Waals surface area contributed by atoms with Crippen LogP contribution < -0.4 is 0 Å². The van der Waals surface area contributed by atoms with Gasteiger partial charge in [-0.05, 0) is 12.8 Å². The van der Waals surface area contributed by atoms with Gasteiger partial charge >= 0.3 is 0 Å². The average Bonchev–Trinajstić information content (AvgIpc) is 2.30. The maximum absolute atomic E-state index is 5.68. The Morgan fingerprint density at radius 1 is 1.33 bits per heavy atom. The molecule has 0 atom stereocenters. The lowest BCUT2D eigenvalue weighted by atomic mass is 10.1. The third kappa shape index (κ3) is 3.41. The minimum Gasteiger partial charge on any atom is -0.381 e. The summed E-state index contributed by atoms with van der Waals surface area (Å²) in [6.07, 6.45) is 5.38. The van der Waals surface area contributed by atoms with Crippen LogP contribution in [0.3, 0.4) is 0 Å². The van der Waals surface area contributed by atoms with Crippen molar-refractivity contribution in [3.05, 3.63) is 23.2 Å². The Hall–Kier alpha value is -0.710. The van der Waals surface area contributed by atoms with Gasteiger partial charge < -0.3 is 9.47 Å². The highest BCUT2D eigenvalue weighted by molar-refractivity contribution is 6.29. The molecule has 0 aliphatic carbocycles. The Morgan fingerprint density at radius 2 is 2.13 bits per heavy atom. The maximum Gasteiger partial charge on any atom is 0.147 e. The number of rotatable bonds is 3. The van der Waals surface area contributed by atoms with Crippen molar-refractivity contribution < 1.29 is 9.47 Å². The molecule has 15 heavy (non-hydrogen) atoms. The van der Waals surface area contributed by atoms with Crippen LogP contribution >= 0.6 is 11.6 Å². The summed E-state index contributed by atoms with van der Waals surface area (Å²) in [4.78, 5) is 8.05. The van der Waals surface area contributed by atoms with Crippen molar-refractivity contribution in [1.82, 2.24) is 9.97 Å². The summed E-state index contributed by atoms with van der Waals surface area (Å²) in [5, 5.41) is 0.407. The molecular formula is C10H13ClN2O2. The monoisotopic (exact) mass is 228 g/mol. The first-order chi connectivity index (χ1) is 7.34. The van der Waals surface area contributed by atoms with E-state index >= 15 is 0 Å². The first kappa shape index (κ1) is 10.8. The van der Waals surface area contributed by atoms with E-state index in [9.17, 15) is 0 Å². The zero-order chi connectivity index (χ0) is 10.5. The second-order valence-electron chi connectivity index (χ2n) is 3.45. The van der Waals surface area contributed by atoms with Crippen LogP contribution in [0.2, 0.25) is 5.15 Å². The Labute approximate surface area is 93.6 Å². The van der Waals surface area contributed by atoms with E-state index in [0.29, 0.717) is 11.8 Å². The van der Waals surface area contributed by atoms with Crippen molar-refractivity contribution in [3.63, 3.8) is 0 Å². The Kier molecular flexibility index (Phi) is 3.88. The first-order valence-corrected chi connectivity index (χ1v) is 5.38. The molecule has 0 saturated carbocycles. The van der Waals surface area contributed by atoms with Gasteiger partial charge in [-0.15, -0.1) is 0 Å². The molecule has 2 heterocycles. The van der Waals surface area contributed by atoms with E-state index in [0.717, 1.165) is 31.7 Å². The third-order valence-corrected chi connectivity index (χ3v) is 2.50. The van der Waals surface area contributed by atoms with Gasteiger partial charge in [0.15, 0.2) is 0 Å². The summed E-state index contributed by atoms with van der Waals surface area (Å²) >= 11 is 5.63. The van der Waals surface area contributed by atoms with E-state index in [-0.39, 0.29) is 6.10 Å². The summed E-state index contributed by atoms with van der Waals surface area (Å²) in [5.74, 6) is 0. The molecule has 0 bridgehead atoms. The molecule has 2 rings (SSSR count). The molecule has 1 aliphatic rings. The SMILES string of the molecule is Clc1cnc(COC2CCOCC2)cn1. The largest absolute Gasteiger partial charge is 0.381 e. The number of hydrogen-bond acceptors (Lipinski definition) is 4. The van der Waals surface area contributed by atoms with Crippen molar-refractivity contribution in [2.75, 3.05) is 13.2 Å². The van der Waals surface area contributed by atoms with E-state index in [1.54, 1.807) is 6.20 Å². The predicted octanol–water partition coefficient (Wildman–Crippen LogP) is 1.83. The summed E-state index contributed by atoms with van der Waals surface area (Å²) in [6, 6.07) is 0. The van der Waals surface area contributed by atoms with E-state index in [4.69, 9.17) is 21.1 Å². The second kappa shape index (κ2) is 5.39. The Balaban J connectivity index is 1.79. The number of nitrogens with zero attached hydrogens (tertiary/aromatic N) is 2. The van der Waals surface area contributed by atoms with Gasteiger partial charge in [0, 0.05) is 13.2 Å². The highest BCUT2D eigenvalue weighted by Crippen LogP contribution is 2.12. The highest BCUT2D eigenvalue weighted by Gasteiger charge is 2.14. The van der Waals surface area contributed by atoms with Crippen molar-refractivity contribution in [1.29, 1.82) is 0 Å². The third-order valence-electron chi connectivity index (χ3n) is 2.31. The van der Waals surface area contributed by atoms with Gasteiger partial charge in [0.05, 0.1) is 30.8 Å². The second-order valence-corrected chi connectivity index (χ2v) is 3.84. The van der Waals surface area contributed by atoms with Crippen molar-refractivity contribution in [2.45, 2.75) is 25.6 Å². The molecule has 0 aromatic carbocycles. The zero-order valence-electron chi connectivity index (χ0n) is 8.36. The lowest BCUT2D eigenvalue weighted by molar-refractivity contribution is -0.0400. The van der Waals surface area contributed by atoms with Crippen LogP contribution in [0, 0.1) is 0 Å². The standard InChI is InChI=1S/C10H13ClN2O2/c11-10-6-12-8(5-13-10)7-15-9-1-3-14-4-2-9/h5-6,9H,1-4,7H2. The van der Waals surface area contributed by atoms with E-state index in [1.165, 1.54) is 6.20 Å². The van der Waals surface area contributed by atoms with Crippen molar-refractivity contribution >= 4 is 11.6 Å².